The number of aromatic hydroxyl groups is 1. The van der Waals surface area contributed by atoms with Gasteiger partial charge >= 0.3 is 0 Å². The van der Waals surface area contributed by atoms with Crippen molar-refractivity contribution in [2.45, 2.75) is 32.3 Å². The van der Waals surface area contributed by atoms with E-state index in [1.807, 2.05) is 0 Å². The second-order valence-corrected chi connectivity index (χ2v) is 3.25. The first-order valence-electron chi connectivity index (χ1n) is 4.71. The average molecular weight is 180 g/mol. The van der Waals surface area contributed by atoms with Crippen LogP contribution in [0.5, 0.6) is 5.75 Å². The molecule has 0 aliphatic carbocycles. The SMILES string of the molecule is CCCCC(O)c1ccc(O)cc1. The van der Waals surface area contributed by atoms with Gasteiger partial charge in [-0.15, -0.1) is 0 Å². The molecule has 1 atom stereocenters. The fraction of sp³-hybridized carbons (Fsp3) is 0.455. The molecule has 0 aliphatic rings. The standard InChI is InChI=1S/C11H16O2/c1-2-3-4-11(13)9-5-7-10(12)8-6-9/h5-8,11-13H,2-4H2,1H3. The summed E-state index contributed by atoms with van der Waals surface area (Å²) in [6, 6.07) is 6.72. The van der Waals surface area contributed by atoms with Gasteiger partial charge in [-0.2, -0.15) is 0 Å². The molecule has 0 fully saturated rings. The van der Waals surface area contributed by atoms with Crippen LogP contribution in [0.1, 0.15) is 37.9 Å². The zero-order valence-electron chi connectivity index (χ0n) is 7.90. The van der Waals surface area contributed by atoms with Crippen molar-refractivity contribution in [3.05, 3.63) is 29.8 Å². The molecule has 1 unspecified atom stereocenters. The second kappa shape index (κ2) is 4.87. The molecule has 0 saturated heterocycles. The molecule has 2 heteroatoms. The number of hydrogen-bond acceptors (Lipinski definition) is 2. The Balaban J connectivity index is 2.55. The Hall–Kier alpha value is -1.02. The van der Waals surface area contributed by atoms with Crippen LogP contribution in [0.25, 0.3) is 0 Å². The Bertz CT molecular complexity index is 241. The Kier molecular flexibility index (Phi) is 3.77. The third-order valence-electron chi connectivity index (χ3n) is 2.11. The van der Waals surface area contributed by atoms with Gasteiger partial charge in [0.25, 0.3) is 0 Å². The van der Waals surface area contributed by atoms with Crippen LogP contribution in [0.2, 0.25) is 0 Å². The number of phenols is 1. The van der Waals surface area contributed by atoms with Crippen molar-refractivity contribution < 1.29 is 10.2 Å². The highest BCUT2D eigenvalue weighted by Gasteiger charge is 2.05. The number of benzene rings is 1. The topological polar surface area (TPSA) is 40.5 Å². The minimum Gasteiger partial charge on any atom is -0.508 e. The van der Waals surface area contributed by atoms with Gasteiger partial charge in [-0.05, 0) is 24.1 Å². The lowest BCUT2D eigenvalue weighted by Crippen LogP contribution is -1.96. The van der Waals surface area contributed by atoms with Crippen LogP contribution in [0, 0.1) is 0 Å². The molecule has 0 heterocycles. The molecule has 2 nitrogen and oxygen atoms in total. The van der Waals surface area contributed by atoms with Crippen LogP contribution in [-0.2, 0) is 0 Å². The third kappa shape index (κ3) is 3.07. The Morgan fingerprint density at radius 2 is 1.85 bits per heavy atom. The van der Waals surface area contributed by atoms with E-state index < -0.39 is 0 Å². The lowest BCUT2D eigenvalue weighted by atomic mass is 10.0. The number of hydrogen-bond donors (Lipinski definition) is 2. The van der Waals surface area contributed by atoms with E-state index in [0.717, 1.165) is 24.8 Å². The predicted molar refractivity (Wildman–Crippen MR) is 52.6 cm³/mol. The number of unbranched alkanes of at least 4 members (excludes halogenated alkanes) is 1. The van der Waals surface area contributed by atoms with Gasteiger partial charge in [0.15, 0.2) is 0 Å². The molecule has 1 rings (SSSR count). The maximum Gasteiger partial charge on any atom is 0.115 e. The number of aliphatic hydroxyl groups is 1. The van der Waals surface area contributed by atoms with Gasteiger partial charge in [0.2, 0.25) is 0 Å². The summed E-state index contributed by atoms with van der Waals surface area (Å²) in [5, 5.41) is 18.7. The van der Waals surface area contributed by atoms with Crippen LogP contribution in [0.4, 0.5) is 0 Å². The molecular weight excluding hydrogens is 164 g/mol. The van der Waals surface area contributed by atoms with Gasteiger partial charge in [0, 0.05) is 0 Å². The Morgan fingerprint density at radius 1 is 1.23 bits per heavy atom. The molecule has 0 saturated carbocycles. The largest absolute Gasteiger partial charge is 0.508 e. The highest BCUT2D eigenvalue weighted by atomic mass is 16.3. The highest BCUT2D eigenvalue weighted by Crippen LogP contribution is 2.20. The van der Waals surface area contributed by atoms with Crippen molar-refractivity contribution in [2.75, 3.05) is 0 Å². The minimum atomic E-state index is -0.388. The summed E-state index contributed by atoms with van der Waals surface area (Å²) in [4.78, 5) is 0. The normalized spacial score (nSPS) is 12.8. The zero-order valence-corrected chi connectivity index (χ0v) is 7.90. The lowest BCUT2D eigenvalue weighted by Gasteiger charge is -2.09. The van der Waals surface area contributed by atoms with Gasteiger partial charge < -0.3 is 10.2 Å². The minimum absolute atomic E-state index is 0.242. The summed E-state index contributed by atoms with van der Waals surface area (Å²) in [5.74, 6) is 0.242. The summed E-state index contributed by atoms with van der Waals surface area (Å²) in [7, 11) is 0. The van der Waals surface area contributed by atoms with Gasteiger partial charge in [-0.25, -0.2) is 0 Å². The molecule has 0 bridgehead atoms. The van der Waals surface area contributed by atoms with Crippen LogP contribution >= 0.6 is 0 Å². The molecule has 72 valence electrons. The summed E-state index contributed by atoms with van der Waals surface area (Å²) in [6.45, 7) is 2.10. The molecular formula is C11H16O2. The maximum absolute atomic E-state index is 9.66. The fourth-order valence-corrected chi connectivity index (χ4v) is 1.26. The van der Waals surface area contributed by atoms with Crippen molar-refractivity contribution in [1.82, 2.24) is 0 Å². The molecule has 0 aliphatic heterocycles. The quantitative estimate of drug-likeness (QED) is 0.747. The van der Waals surface area contributed by atoms with Gasteiger partial charge in [0.05, 0.1) is 6.10 Å². The molecule has 1 aromatic rings. The van der Waals surface area contributed by atoms with E-state index in [4.69, 9.17) is 5.11 Å². The van der Waals surface area contributed by atoms with Crippen LogP contribution in [0.3, 0.4) is 0 Å². The summed E-state index contributed by atoms with van der Waals surface area (Å²) in [5.41, 5.74) is 0.881. The third-order valence-corrected chi connectivity index (χ3v) is 2.11. The average Bonchev–Trinajstić information content (AvgIpc) is 2.15. The van der Waals surface area contributed by atoms with Crippen molar-refractivity contribution in [3.8, 4) is 5.75 Å². The van der Waals surface area contributed by atoms with Crippen LogP contribution in [0.15, 0.2) is 24.3 Å². The monoisotopic (exact) mass is 180 g/mol. The van der Waals surface area contributed by atoms with E-state index in [-0.39, 0.29) is 11.9 Å². The Labute approximate surface area is 78.8 Å². The first-order chi connectivity index (χ1) is 6.24. The van der Waals surface area contributed by atoms with E-state index in [2.05, 4.69) is 6.92 Å². The lowest BCUT2D eigenvalue weighted by molar-refractivity contribution is 0.164. The first-order valence-corrected chi connectivity index (χ1v) is 4.71. The summed E-state index contributed by atoms with van der Waals surface area (Å²) >= 11 is 0. The maximum atomic E-state index is 9.66. The van der Waals surface area contributed by atoms with E-state index >= 15 is 0 Å². The summed E-state index contributed by atoms with van der Waals surface area (Å²) < 4.78 is 0. The fourth-order valence-electron chi connectivity index (χ4n) is 1.26. The molecule has 1 aromatic carbocycles. The molecule has 0 radical (unpaired) electrons. The van der Waals surface area contributed by atoms with Crippen molar-refractivity contribution >= 4 is 0 Å². The number of phenolic OH excluding ortho intramolecular Hbond substituents is 1. The van der Waals surface area contributed by atoms with Crippen molar-refractivity contribution in [2.24, 2.45) is 0 Å². The highest BCUT2D eigenvalue weighted by molar-refractivity contribution is 5.27. The second-order valence-electron chi connectivity index (χ2n) is 3.25. The molecule has 0 amide bonds. The summed E-state index contributed by atoms with van der Waals surface area (Å²) in [6.07, 6.45) is 2.53. The molecule has 2 N–H and O–H groups in total. The van der Waals surface area contributed by atoms with Gasteiger partial charge in [-0.3, -0.25) is 0 Å². The van der Waals surface area contributed by atoms with E-state index in [0.29, 0.717) is 0 Å². The van der Waals surface area contributed by atoms with Crippen molar-refractivity contribution in [1.29, 1.82) is 0 Å². The smallest absolute Gasteiger partial charge is 0.115 e. The van der Waals surface area contributed by atoms with E-state index in [9.17, 15) is 5.11 Å². The number of aliphatic hydroxyl groups excluding tert-OH is 1. The Morgan fingerprint density at radius 3 is 2.38 bits per heavy atom. The van der Waals surface area contributed by atoms with Crippen LogP contribution in [-0.4, -0.2) is 10.2 Å². The number of rotatable bonds is 4. The molecule has 13 heavy (non-hydrogen) atoms. The van der Waals surface area contributed by atoms with Gasteiger partial charge in [-0.1, -0.05) is 31.9 Å². The van der Waals surface area contributed by atoms with E-state index in [1.54, 1.807) is 24.3 Å². The molecule has 0 spiro atoms. The van der Waals surface area contributed by atoms with E-state index in [1.165, 1.54) is 0 Å². The van der Waals surface area contributed by atoms with Gasteiger partial charge in [0.1, 0.15) is 5.75 Å². The van der Waals surface area contributed by atoms with Crippen molar-refractivity contribution in [3.63, 3.8) is 0 Å². The molecule has 0 aromatic heterocycles. The first kappa shape index (κ1) is 10.1. The zero-order chi connectivity index (χ0) is 9.68. The van der Waals surface area contributed by atoms with Crippen LogP contribution < -0.4 is 0 Å². The predicted octanol–water partition coefficient (Wildman–Crippen LogP) is 2.62.